The highest BCUT2D eigenvalue weighted by molar-refractivity contribution is 5.89. The van der Waals surface area contributed by atoms with Gasteiger partial charge in [0.05, 0.1) is 5.41 Å². The number of fused-ring (bicyclic) bond motifs is 2. The number of ether oxygens (including phenoxy) is 1. The summed E-state index contributed by atoms with van der Waals surface area (Å²) in [5, 5.41) is 9.12. The highest BCUT2D eigenvalue weighted by atomic mass is 16.5. The first-order valence-corrected chi connectivity index (χ1v) is 10.8. The van der Waals surface area contributed by atoms with Crippen LogP contribution >= 0.6 is 0 Å². The molecule has 1 aliphatic carbocycles. The summed E-state index contributed by atoms with van der Waals surface area (Å²) in [6.45, 7) is 14.1. The summed E-state index contributed by atoms with van der Waals surface area (Å²) >= 11 is 0. The first-order chi connectivity index (χ1) is 13.9. The van der Waals surface area contributed by atoms with E-state index < -0.39 is 5.97 Å². The predicted molar refractivity (Wildman–Crippen MR) is 121 cm³/mol. The molecule has 0 radical (unpaired) electrons. The molecule has 4 rings (SSSR count). The van der Waals surface area contributed by atoms with Crippen molar-refractivity contribution in [3.63, 3.8) is 0 Å². The fourth-order valence-corrected chi connectivity index (χ4v) is 5.07. The molecule has 1 unspecified atom stereocenters. The Labute approximate surface area is 179 Å². The van der Waals surface area contributed by atoms with E-state index in [1.54, 1.807) is 0 Å². The lowest BCUT2D eigenvalue weighted by Crippen LogP contribution is -2.35. The molecule has 0 saturated carbocycles. The zero-order chi connectivity index (χ0) is 21.9. The van der Waals surface area contributed by atoms with Gasteiger partial charge >= 0.3 is 5.97 Å². The smallest absolute Gasteiger partial charge is 0.328 e. The Morgan fingerprint density at radius 2 is 1.60 bits per heavy atom. The van der Waals surface area contributed by atoms with Crippen LogP contribution in [0.2, 0.25) is 0 Å². The van der Waals surface area contributed by atoms with Gasteiger partial charge in [-0.15, -0.1) is 0 Å². The predicted octanol–water partition coefficient (Wildman–Crippen LogP) is 6.22. The number of hydrogen-bond acceptors (Lipinski definition) is 2. The van der Waals surface area contributed by atoms with Crippen molar-refractivity contribution in [1.29, 1.82) is 0 Å². The van der Waals surface area contributed by atoms with E-state index in [0.29, 0.717) is 6.61 Å². The lowest BCUT2D eigenvalue weighted by atomic mass is 9.62. The Morgan fingerprint density at radius 3 is 2.27 bits per heavy atom. The maximum absolute atomic E-state index is 11.1. The molecule has 2 aliphatic rings. The van der Waals surface area contributed by atoms with Crippen LogP contribution in [0.5, 0.6) is 5.75 Å². The van der Waals surface area contributed by atoms with E-state index in [-0.39, 0.29) is 16.2 Å². The minimum absolute atomic E-state index is 0.155. The Hall–Kier alpha value is -2.55. The van der Waals surface area contributed by atoms with Gasteiger partial charge in [-0.3, -0.25) is 0 Å². The van der Waals surface area contributed by atoms with Gasteiger partial charge in [0.25, 0.3) is 0 Å². The van der Waals surface area contributed by atoms with Crippen molar-refractivity contribution in [2.24, 2.45) is 0 Å². The van der Waals surface area contributed by atoms with Gasteiger partial charge in [0, 0.05) is 11.6 Å². The summed E-state index contributed by atoms with van der Waals surface area (Å²) in [7, 11) is 0. The third-order valence-electron chi connectivity index (χ3n) is 7.38. The first-order valence-electron chi connectivity index (χ1n) is 10.8. The molecule has 0 saturated heterocycles. The molecule has 2 aromatic rings. The highest BCUT2D eigenvalue weighted by Crippen LogP contribution is 2.49. The number of aliphatic carboxylic acids is 1. The molecule has 0 bridgehead atoms. The van der Waals surface area contributed by atoms with Crippen LogP contribution in [0.4, 0.5) is 0 Å². The van der Waals surface area contributed by atoms with E-state index in [0.717, 1.165) is 22.4 Å². The van der Waals surface area contributed by atoms with Crippen molar-refractivity contribution in [2.45, 2.75) is 70.6 Å². The van der Waals surface area contributed by atoms with Crippen molar-refractivity contribution < 1.29 is 14.6 Å². The molecular weight excluding hydrogens is 372 g/mol. The topological polar surface area (TPSA) is 46.5 Å². The molecule has 0 fully saturated rings. The molecule has 30 heavy (non-hydrogen) atoms. The van der Waals surface area contributed by atoms with Crippen LogP contribution in [0.25, 0.3) is 5.57 Å². The van der Waals surface area contributed by atoms with Crippen LogP contribution in [-0.2, 0) is 21.0 Å². The molecule has 0 aromatic heterocycles. The molecule has 1 aliphatic heterocycles. The molecule has 3 nitrogen and oxygen atoms in total. The maximum Gasteiger partial charge on any atom is 0.328 e. The van der Waals surface area contributed by atoms with Crippen molar-refractivity contribution in [3.8, 4) is 5.75 Å². The standard InChI is InChI=1S/C27H32O3/c1-17(13-24(28)29)18-7-10-23-22(14-18)27(6,16-30-23)19-8-9-20-21(15-19)26(4,5)12-11-25(20,2)3/h7-10,13-15H,11-12,16H2,1-6H3,(H,28,29). The van der Waals surface area contributed by atoms with Gasteiger partial charge in [0.15, 0.2) is 0 Å². The van der Waals surface area contributed by atoms with Crippen molar-refractivity contribution in [2.75, 3.05) is 6.61 Å². The number of benzene rings is 2. The third kappa shape index (κ3) is 3.25. The summed E-state index contributed by atoms with van der Waals surface area (Å²) in [5.74, 6) is -0.0340. The fraction of sp³-hybridized carbons (Fsp3) is 0.444. The molecule has 1 heterocycles. The molecule has 3 heteroatoms. The summed E-state index contributed by atoms with van der Waals surface area (Å²) in [5.41, 5.74) is 7.06. The summed E-state index contributed by atoms with van der Waals surface area (Å²) in [6.07, 6.45) is 3.65. The summed E-state index contributed by atoms with van der Waals surface area (Å²) < 4.78 is 6.09. The number of carboxylic acids is 1. The number of carbonyl (C=O) groups is 1. The highest BCUT2D eigenvalue weighted by Gasteiger charge is 2.42. The van der Waals surface area contributed by atoms with E-state index in [2.05, 4.69) is 58.9 Å². The van der Waals surface area contributed by atoms with Crippen LogP contribution in [0.1, 0.15) is 82.2 Å². The number of hydrogen-bond donors (Lipinski definition) is 1. The molecule has 1 N–H and O–H groups in total. The van der Waals surface area contributed by atoms with Crippen LogP contribution in [0.15, 0.2) is 42.5 Å². The zero-order valence-electron chi connectivity index (χ0n) is 18.9. The summed E-state index contributed by atoms with van der Waals surface area (Å²) in [4.78, 5) is 11.1. The van der Waals surface area contributed by atoms with E-state index in [1.165, 1.54) is 35.6 Å². The van der Waals surface area contributed by atoms with E-state index in [9.17, 15) is 4.79 Å². The van der Waals surface area contributed by atoms with Crippen molar-refractivity contribution in [1.82, 2.24) is 0 Å². The molecule has 0 spiro atoms. The van der Waals surface area contributed by atoms with Gasteiger partial charge < -0.3 is 9.84 Å². The van der Waals surface area contributed by atoms with Crippen LogP contribution < -0.4 is 4.74 Å². The van der Waals surface area contributed by atoms with Crippen molar-refractivity contribution >= 4 is 11.5 Å². The SMILES string of the molecule is CC(=CC(=O)O)c1ccc2c(c1)C(C)(c1ccc3c(c1)C(C)(C)CCC3(C)C)CO2. The Bertz CT molecular complexity index is 1060. The van der Waals surface area contributed by atoms with Gasteiger partial charge in [0.2, 0.25) is 0 Å². The minimum atomic E-state index is -0.924. The average Bonchev–Trinajstić information content (AvgIpc) is 3.02. The Morgan fingerprint density at radius 1 is 0.933 bits per heavy atom. The van der Waals surface area contributed by atoms with Crippen LogP contribution in [0, 0.1) is 0 Å². The lowest BCUT2D eigenvalue weighted by molar-refractivity contribution is -0.131. The fourth-order valence-electron chi connectivity index (χ4n) is 5.07. The molecule has 2 aromatic carbocycles. The number of allylic oxidation sites excluding steroid dienone is 1. The average molecular weight is 405 g/mol. The molecule has 1 atom stereocenters. The minimum Gasteiger partial charge on any atom is -0.492 e. The Kier molecular flexibility index (Phi) is 4.65. The van der Waals surface area contributed by atoms with Gasteiger partial charge in [-0.05, 0) is 77.5 Å². The second kappa shape index (κ2) is 6.73. The van der Waals surface area contributed by atoms with Gasteiger partial charge in [-0.25, -0.2) is 4.79 Å². The maximum atomic E-state index is 11.1. The molecule has 0 amide bonds. The Balaban J connectivity index is 1.83. The number of rotatable bonds is 3. The quantitative estimate of drug-likeness (QED) is 0.618. The van der Waals surface area contributed by atoms with E-state index >= 15 is 0 Å². The normalized spacial score (nSPS) is 24.0. The second-order valence-electron chi connectivity index (χ2n) is 10.5. The third-order valence-corrected chi connectivity index (χ3v) is 7.38. The largest absolute Gasteiger partial charge is 0.492 e. The first kappa shape index (κ1) is 20.7. The second-order valence-corrected chi connectivity index (χ2v) is 10.5. The number of carboxylic acid groups (broad SMARTS) is 1. The lowest BCUT2D eigenvalue weighted by Gasteiger charge is -2.42. The van der Waals surface area contributed by atoms with Gasteiger partial charge in [0.1, 0.15) is 12.4 Å². The monoisotopic (exact) mass is 404 g/mol. The van der Waals surface area contributed by atoms with Crippen LogP contribution in [0.3, 0.4) is 0 Å². The summed E-state index contributed by atoms with van der Waals surface area (Å²) in [6, 6.07) is 13.0. The van der Waals surface area contributed by atoms with Crippen LogP contribution in [-0.4, -0.2) is 17.7 Å². The van der Waals surface area contributed by atoms with Gasteiger partial charge in [-0.2, -0.15) is 0 Å². The molecular formula is C27H32O3. The zero-order valence-corrected chi connectivity index (χ0v) is 18.9. The van der Waals surface area contributed by atoms with E-state index in [4.69, 9.17) is 9.84 Å². The van der Waals surface area contributed by atoms with Crippen molar-refractivity contribution in [3.05, 3.63) is 70.3 Å². The molecule has 158 valence electrons. The van der Waals surface area contributed by atoms with Gasteiger partial charge in [-0.1, -0.05) is 52.0 Å². The van der Waals surface area contributed by atoms with E-state index in [1.807, 2.05) is 19.1 Å².